The third-order valence-electron chi connectivity index (χ3n) is 3.11. The Bertz CT molecular complexity index is 461. The average Bonchev–Trinajstić information content (AvgIpc) is 3.16. The van der Waals surface area contributed by atoms with Crippen molar-refractivity contribution in [2.45, 2.75) is 12.8 Å². The Morgan fingerprint density at radius 1 is 1.50 bits per heavy atom. The first kappa shape index (κ1) is 12.5. The molecular formula is C10H15N5O3. The van der Waals surface area contributed by atoms with Crippen LogP contribution in [-0.4, -0.2) is 28.2 Å². The number of nitrogen functional groups attached to an aromatic ring is 1. The molecule has 0 radical (unpaired) electrons. The van der Waals surface area contributed by atoms with Crippen LogP contribution >= 0.6 is 0 Å². The fourth-order valence-corrected chi connectivity index (χ4v) is 1.63. The molecule has 1 aliphatic carbocycles. The number of pyridine rings is 1. The quantitative estimate of drug-likeness (QED) is 0.329. The zero-order valence-corrected chi connectivity index (χ0v) is 9.72. The van der Waals surface area contributed by atoms with Crippen LogP contribution in [0.1, 0.15) is 12.8 Å². The molecule has 0 unspecified atom stereocenters. The second-order valence-corrected chi connectivity index (χ2v) is 4.51. The van der Waals surface area contributed by atoms with E-state index in [2.05, 4.69) is 15.7 Å². The smallest absolute Gasteiger partial charge is 0.276 e. The number of hydrogen-bond donors (Lipinski definition) is 4. The van der Waals surface area contributed by atoms with Crippen LogP contribution in [-0.2, 0) is 0 Å². The number of nitro groups is 1. The summed E-state index contributed by atoms with van der Waals surface area (Å²) in [5.41, 5.74) is 2.10. The molecule has 1 aromatic heterocycles. The van der Waals surface area contributed by atoms with Crippen molar-refractivity contribution in [1.29, 1.82) is 0 Å². The van der Waals surface area contributed by atoms with Crippen molar-refractivity contribution in [3.05, 3.63) is 22.2 Å². The number of aromatic nitrogens is 1. The summed E-state index contributed by atoms with van der Waals surface area (Å²) in [6.45, 7) is 0.651. The molecule has 0 bridgehead atoms. The highest BCUT2D eigenvalue weighted by Gasteiger charge is 2.41. The zero-order valence-electron chi connectivity index (χ0n) is 9.72. The molecule has 1 aliphatic rings. The minimum Gasteiger partial charge on any atom is -0.396 e. The summed E-state index contributed by atoms with van der Waals surface area (Å²) < 4.78 is 0. The number of rotatable bonds is 6. The molecule has 0 saturated heterocycles. The first-order chi connectivity index (χ1) is 8.58. The Morgan fingerprint density at radius 3 is 2.67 bits per heavy atom. The normalized spacial score (nSPS) is 16.1. The number of anilines is 2. The van der Waals surface area contributed by atoms with Crippen LogP contribution in [0.2, 0.25) is 0 Å². The van der Waals surface area contributed by atoms with Crippen molar-refractivity contribution >= 4 is 17.3 Å². The van der Waals surface area contributed by atoms with Crippen LogP contribution in [0.3, 0.4) is 0 Å². The van der Waals surface area contributed by atoms with Gasteiger partial charge in [-0.2, -0.15) is 0 Å². The summed E-state index contributed by atoms with van der Waals surface area (Å²) in [6.07, 6.45) is 1.90. The molecule has 18 heavy (non-hydrogen) atoms. The topological polar surface area (TPSA) is 126 Å². The molecule has 1 heterocycles. The lowest BCUT2D eigenvalue weighted by Crippen LogP contribution is -2.20. The zero-order chi connectivity index (χ0) is 13.2. The van der Waals surface area contributed by atoms with Gasteiger partial charge in [0.05, 0.1) is 23.7 Å². The van der Waals surface area contributed by atoms with Crippen molar-refractivity contribution in [2.75, 3.05) is 23.9 Å². The van der Waals surface area contributed by atoms with Gasteiger partial charge in [0, 0.05) is 12.0 Å². The first-order valence-corrected chi connectivity index (χ1v) is 5.56. The fraction of sp³-hybridized carbons (Fsp3) is 0.500. The van der Waals surface area contributed by atoms with E-state index in [4.69, 9.17) is 5.84 Å². The highest BCUT2D eigenvalue weighted by Crippen LogP contribution is 2.44. The molecule has 0 spiro atoms. The lowest BCUT2D eigenvalue weighted by Gasteiger charge is -2.13. The second-order valence-electron chi connectivity index (χ2n) is 4.51. The highest BCUT2D eigenvalue weighted by atomic mass is 16.6. The third kappa shape index (κ3) is 2.66. The van der Waals surface area contributed by atoms with E-state index < -0.39 is 4.92 Å². The summed E-state index contributed by atoms with van der Waals surface area (Å²) >= 11 is 0. The van der Waals surface area contributed by atoms with E-state index in [0.29, 0.717) is 12.4 Å². The van der Waals surface area contributed by atoms with Crippen LogP contribution in [0.4, 0.5) is 17.3 Å². The van der Waals surface area contributed by atoms with Gasteiger partial charge in [-0.15, -0.1) is 0 Å². The van der Waals surface area contributed by atoms with E-state index in [0.717, 1.165) is 12.8 Å². The number of aliphatic hydroxyl groups excluding tert-OH is 1. The third-order valence-corrected chi connectivity index (χ3v) is 3.11. The maximum atomic E-state index is 10.7. The summed E-state index contributed by atoms with van der Waals surface area (Å²) in [7, 11) is 0. The molecule has 5 N–H and O–H groups in total. The van der Waals surface area contributed by atoms with E-state index in [1.54, 1.807) is 0 Å². The van der Waals surface area contributed by atoms with E-state index >= 15 is 0 Å². The van der Waals surface area contributed by atoms with E-state index in [9.17, 15) is 15.2 Å². The van der Waals surface area contributed by atoms with Crippen molar-refractivity contribution in [3.8, 4) is 0 Å². The summed E-state index contributed by atoms with van der Waals surface area (Å²) in [4.78, 5) is 14.3. The highest BCUT2D eigenvalue weighted by molar-refractivity contribution is 5.54. The fourth-order valence-electron chi connectivity index (χ4n) is 1.63. The second kappa shape index (κ2) is 4.75. The Hall–Kier alpha value is -1.93. The minimum atomic E-state index is -0.507. The van der Waals surface area contributed by atoms with Gasteiger partial charge in [-0.1, -0.05) is 0 Å². The molecule has 2 rings (SSSR count). The number of nitrogens with one attached hydrogen (secondary N) is 2. The monoisotopic (exact) mass is 253 g/mol. The van der Waals surface area contributed by atoms with Gasteiger partial charge in [-0.25, -0.2) is 10.8 Å². The molecule has 1 saturated carbocycles. The molecule has 0 aliphatic heterocycles. The average molecular weight is 253 g/mol. The van der Waals surface area contributed by atoms with Crippen molar-refractivity contribution in [1.82, 2.24) is 4.98 Å². The maximum absolute atomic E-state index is 10.7. The van der Waals surface area contributed by atoms with Gasteiger partial charge in [0.2, 0.25) is 0 Å². The molecule has 1 fully saturated rings. The number of hydrazine groups is 1. The first-order valence-electron chi connectivity index (χ1n) is 5.56. The summed E-state index contributed by atoms with van der Waals surface area (Å²) in [5, 5.41) is 22.9. The number of hydrogen-bond acceptors (Lipinski definition) is 7. The lowest BCUT2D eigenvalue weighted by molar-refractivity contribution is -0.384. The molecule has 0 atom stereocenters. The molecular weight excluding hydrogens is 238 g/mol. The Balaban J connectivity index is 2.11. The van der Waals surface area contributed by atoms with Crippen molar-refractivity contribution in [2.24, 2.45) is 11.3 Å². The largest absolute Gasteiger partial charge is 0.396 e. The van der Waals surface area contributed by atoms with Gasteiger partial charge >= 0.3 is 0 Å². The Kier molecular flexibility index (Phi) is 3.30. The van der Waals surface area contributed by atoms with E-state index in [1.807, 2.05) is 0 Å². The van der Waals surface area contributed by atoms with Crippen molar-refractivity contribution in [3.63, 3.8) is 0 Å². The predicted molar refractivity (Wildman–Crippen MR) is 65.9 cm³/mol. The molecule has 1 aromatic rings. The van der Waals surface area contributed by atoms with Crippen molar-refractivity contribution < 1.29 is 10.0 Å². The van der Waals surface area contributed by atoms with Crippen LogP contribution in [0, 0.1) is 15.5 Å². The summed E-state index contributed by atoms with van der Waals surface area (Å²) in [6, 6.07) is 2.60. The number of nitrogens with zero attached hydrogens (tertiary/aromatic N) is 2. The van der Waals surface area contributed by atoms with Gasteiger partial charge in [0.1, 0.15) is 11.6 Å². The molecule has 0 aromatic carbocycles. The lowest BCUT2D eigenvalue weighted by atomic mass is 10.1. The molecule has 8 nitrogen and oxygen atoms in total. The molecule has 8 heteroatoms. The summed E-state index contributed by atoms with van der Waals surface area (Å²) in [5.74, 6) is 5.80. The van der Waals surface area contributed by atoms with Crippen LogP contribution < -0.4 is 16.6 Å². The maximum Gasteiger partial charge on any atom is 0.276 e. The van der Waals surface area contributed by atoms with Gasteiger partial charge in [0.25, 0.3) is 5.69 Å². The van der Waals surface area contributed by atoms with E-state index in [-0.39, 0.29) is 23.5 Å². The molecule has 98 valence electrons. The molecule has 0 amide bonds. The standard InChI is InChI=1S/C10H15N5O3/c11-14-9-4-7(15(17)18)3-8(13-9)12-5-10(6-16)1-2-10/h3-4,16H,1-2,5-6,11H2,(H2,12,13,14). The number of aliphatic hydroxyl groups is 1. The Morgan fingerprint density at radius 2 is 2.17 bits per heavy atom. The van der Waals surface area contributed by atoms with Gasteiger partial charge in [-0.3, -0.25) is 10.1 Å². The SMILES string of the molecule is NNc1cc([N+](=O)[O-])cc(NCC2(CO)CC2)n1. The van der Waals surface area contributed by atoms with Crippen LogP contribution in [0.5, 0.6) is 0 Å². The van der Waals surface area contributed by atoms with Gasteiger partial charge in [0.15, 0.2) is 0 Å². The van der Waals surface area contributed by atoms with Gasteiger partial charge in [-0.05, 0) is 12.8 Å². The minimum absolute atomic E-state index is 0.0886. The van der Waals surface area contributed by atoms with Crippen LogP contribution in [0.15, 0.2) is 12.1 Å². The number of nitrogens with two attached hydrogens (primary N) is 1. The van der Waals surface area contributed by atoms with Gasteiger partial charge < -0.3 is 15.8 Å². The Labute approximate surface area is 103 Å². The van der Waals surface area contributed by atoms with E-state index in [1.165, 1.54) is 12.1 Å². The van der Waals surface area contributed by atoms with Crippen LogP contribution in [0.25, 0.3) is 0 Å². The predicted octanol–water partition coefficient (Wildman–Crippen LogP) is 0.460.